The van der Waals surface area contributed by atoms with E-state index in [1.54, 1.807) is 0 Å². The lowest BCUT2D eigenvalue weighted by atomic mass is 9.63. The number of benzene rings is 1. The molecular formula is C24H28N6O2. The summed E-state index contributed by atoms with van der Waals surface area (Å²) >= 11 is 0. The molecule has 5 heterocycles. The van der Waals surface area contributed by atoms with Crippen LogP contribution in [0.4, 0.5) is 5.69 Å². The Hall–Kier alpha value is -3.13. The molecule has 2 aromatic heterocycles. The zero-order valence-corrected chi connectivity index (χ0v) is 18.4. The van der Waals surface area contributed by atoms with Gasteiger partial charge in [-0.3, -0.25) is 0 Å². The summed E-state index contributed by atoms with van der Waals surface area (Å²) in [5.41, 5.74) is 9.85. The van der Waals surface area contributed by atoms with E-state index >= 15 is 0 Å². The van der Waals surface area contributed by atoms with E-state index in [0.717, 1.165) is 42.8 Å². The van der Waals surface area contributed by atoms with Crippen LogP contribution >= 0.6 is 0 Å². The third kappa shape index (κ3) is 2.62. The molecule has 4 atom stereocenters. The second-order valence-corrected chi connectivity index (χ2v) is 9.85. The number of hydrogen-bond acceptors (Lipinski definition) is 6. The minimum atomic E-state index is -0.681. The van der Waals surface area contributed by atoms with Gasteiger partial charge in [-0.15, -0.1) is 5.10 Å². The molecule has 3 N–H and O–H groups in total. The Morgan fingerprint density at radius 2 is 2.12 bits per heavy atom. The van der Waals surface area contributed by atoms with Crippen molar-refractivity contribution < 1.29 is 9.94 Å². The summed E-state index contributed by atoms with van der Waals surface area (Å²) in [6.07, 6.45) is 3.98. The van der Waals surface area contributed by atoms with Crippen LogP contribution < -0.4 is 10.6 Å². The number of hydrogen-bond donors (Lipinski definition) is 2. The van der Waals surface area contributed by atoms with Crippen LogP contribution in [0.1, 0.15) is 36.7 Å². The number of pyridine rings is 1. The minimum Gasteiger partial charge on any atom is -0.409 e. The molecule has 32 heavy (non-hydrogen) atoms. The number of aryl methyl sites for hydroxylation is 1. The normalized spacial score (nSPS) is 31.9. The molecule has 1 aliphatic carbocycles. The summed E-state index contributed by atoms with van der Waals surface area (Å²) in [5, 5.41) is 17.3. The van der Waals surface area contributed by atoms with Crippen LogP contribution in [-0.2, 0) is 15.8 Å². The van der Waals surface area contributed by atoms with Crippen LogP contribution in [0.5, 0.6) is 0 Å². The van der Waals surface area contributed by atoms with Gasteiger partial charge < -0.3 is 20.6 Å². The second kappa shape index (κ2) is 6.68. The molecule has 1 aromatic carbocycles. The summed E-state index contributed by atoms with van der Waals surface area (Å²) < 4.78 is 7.96. The van der Waals surface area contributed by atoms with Crippen molar-refractivity contribution in [3.05, 3.63) is 59.5 Å². The molecule has 3 aliphatic heterocycles. The SMILES string of the molecule is Cc1cc(N2CC[C@](C)(c3ccccc3)C2)cn2nc(C34CC(CO3)C4/C(N)=N/O)nc12. The average molecular weight is 433 g/mol. The Labute approximate surface area is 186 Å². The maximum atomic E-state index is 9.22. The number of nitrogens with two attached hydrogens (primary N) is 1. The molecule has 3 aromatic rings. The number of oxime groups is 1. The Morgan fingerprint density at radius 3 is 2.88 bits per heavy atom. The van der Waals surface area contributed by atoms with E-state index in [0.29, 0.717) is 12.4 Å². The minimum absolute atomic E-state index is 0.129. The van der Waals surface area contributed by atoms with Crippen molar-refractivity contribution >= 4 is 17.2 Å². The average Bonchev–Trinajstić information content (AvgIpc) is 3.56. The van der Waals surface area contributed by atoms with Crippen LogP contribution in [0.3, 0.4) is 0 Å². The quantitative estimate of drug-likeness (QED) is 0.285. The number of anilines is 1. The molecule has 3 unspecified atom stereocenters. The third-order valence-corrected chi connectivity index (χ3v) is 7.82. The first kappa shape index (κ1) is 19.5. The summed E-state index contributed by atoms with van der Waals surface area (Å²) in [7, 11) is 0. The number of aromatic nitrogens is 3. The van der Waals surface area contributed by atoms with Crippen molar-refractivity contribution in [2.24, 2.45) is 22.7 Å². The van der Waals surface area contributed by atoms with Crippen molar-refractivity contribution in [1.82, 2.24) is 14.6 Å². The fourth-order valence-corrected chi connectivity index (χ4v) is 5.99. The van der Waals surface area contributed by atoms with Gasteiger partial charge in [0.05, 0.1) is 24.4 Å². The molecule has 4 fully saturated rings. The van der Waals surface area contributed by atoms with Gasteiger partial charge >= 0.3 is 0 Å². The lowest BCUT2D eigenvalue weighted by Crippen LogP contribution is -2.52. The van der Waals surface area contributed by atoms with Crippen molar-refractivity contribution in [3.63, 3.8) is 0 Å². The second-order valence-electron chi connectivity index (χ2n) is 9.85. The van der Waals surface area contributed by atoms with Gasteiger partial charge in [0.15, 0.2) is 11.5 Å². The highest BCUT2D eigenvalue weighted by Gasteiger charge is 2.66. The zero-order valence-electron chi connectivity index (χ0n) is 18.4. The van der Waals surface area contributed by atoms with Gasteiger partial charge in [-0.2, -0.15) is 0 Å². The number of rotatable bonds is 4. The van der Waals surface area contributed by atoms with E-state index in [2.05, 4.69) is 66.5 Å². The highest BCUT2D eigenvalue weighted by Crippen LogP contribution is 2.59. The Morgan fingerprint density at radius 1 is 1.31 bits per heavy atom. The summed E-state index contributed by atoms with van der Waals surface area (Å²) in [6, 6.07) is 13.0. The first-order chi connectivity index (χ1) is 15.4. The molecule has 0 amide bonds. The third-order valence-electron chi connectivity index (χ3n) is 7.82. The molecule has 4 aliphatic rings. The van der Waals surface area contributed by atoms with Crippen molar-refractivity contribution in [1.29, 1.82) is 0 Å². The Bertz CT molecular complexity index is 1220. The molecule has 0 radical (unpaired) electrons. The van der Waals surface area contributed by atoms with E-state index in [4.69, 9.17) is 20.6 Å². The predicted molar refractivity (Wildman–Crippen MR) is 121 cm³/mol. The van der Waals surface area contributed by atoms with Gasteiger partial charge in [0.2, 0.25) is 0 Å². The zero-order chi connectivity index (χ0) is 22.1. The van der Waals surface area contributed by atoms with Crippen molar-refractivity contribution in [2.45, 2.75) is 37.7 Å². The van der Waals surface area contributed by atoms with E-state index in [1.807, 2.05) is 4.52 Å². The summed E-state index contributed by atoms with van der Waals surface area (Å²) in [5.74, 6) is 0.912. The monoisotopic (exact) mass is 432 g/mol. The van der Waals surface area contributed by atoms with Crippen molar-refractivity contribution in [3.8, 4) is 0 Å². The van der Waals surface area contributed by atoms with Crippen LogP contribution in [0.15, 0.2) is 47.8 Å². The molecule has 166 valence electrons. The maximum Gasteiger partial charge on any atom is 0.184 e. The largest absolute Gasteiger partial charge is 0.409 e. The van der Waals surface area contributed by atoms with E-state index in [9.17, 15) is 5.21 Å². The fraction of sp³-hybridized carbons (Fsp3) is 0.458. The molecule has 8 nitrogen and oxygen atoms in total. The van der Waals surface area contributed by atoms with Gasteiger partial charge in [-0.25, -0.2) is 9.50 Å². The molecule has 8 heteroatoms. The molecular weight excluding hydrogens is 404 g/mol. The van der Waals surface area contributed by atoms with Gasteiger partial charge in [-0.05, 0) is 42.9 Å². The van der Waals surface area contributed by atoms with Crippen molar-refractivity contribution in [2.75, 3.05) is 24.6 Å². The molecule has 0 spiro atoms. The smallest absolute Gasteiger partial charge is 0.184 e. The van der Waals surface area contributed by atoms with Gasteiger partial charge in [0.1, 0.15) is 11.4 Å². The fourth-order valence-electron chi connectivity index (χ4n) is 5.99. The van der Waals surface area contributed by atoms with Crippen LogP contribution in [0, 0.1) is 18.8 Å². The van der Waals surface area contributed by atoms with Gasteiger partial charge in [0.25, 0.3) is 0 Å². The van der Waals surface area contributed by atoms with Crippen LogP contribution in [0.25, 0.3) is 5.65 Å². The standard InChI is InChI=1S/C24H28N6O2/c1-15-10-18(29-9-8-23(2,14-29)17-6-4-3-5-7-17)12-30-21(15)26-22(27-30)24-11-16(13-32-24)19(24)20(25)28-31/h3-7,10,12,16,19,31H,8-9,11,13-14H2,1-2H3,(H2,25,28)/t16?,19?,23-,24?/m0/s1. The number of amidine groups is 1. The Kier molecular flexibility index (Phi) is 4.08. The summed E-state index contributed by atoms with van der Waals surface area (Å²) in [4.78, 5) is 7.27. The van der Waals surface area contributed by atoms with Gasteiger partial charge in [0, 0.05) is 18.5 Å². The van der Waals surface area contributed by atoms with Gasteiger partial charge in [-0.1, -0.05) is 42.4 Å². The van der Waals surface area contributed by atoms with E-state index in [-0.39, 0.29) is 23.1 Å². The van der Waals surface area contributed by atoms with Crippen LogP contribution in [-0.4, -0.2) is 45.3 Å². The summed E-state index contributed by atoms with van der Waals surface area (Å²) in [6.45, 7) is 6.97. The first-order valence-corrected chi connectivity index (χ1v) is 11.2. The topological polar surface area (TPSA) is 101 Å². The number of nitrogens with zero attached hydrogens (tertiary/aromatic N) is 5. The molecule has 3 saturated heterocycles. The molecule has 7 rings (SSSR count). The first-order valence-electron chi connectivity index (χ1n) is 11.2. The lowest BCUT2D eigenvalue weighted by Gasteiger charge is -2.41. The highest BCUT2D eigenvalue weighted by molar-refractivity contribution is 5.85. The number of ether oxygens (including phenoxy) is 1. The van der Waals surface area contributed by atoms with E-state index in [1.165, 1.54) is 5.56 Å². The number of fused-ring (bicyclic) bond motifs is 2. The molecule has 1 saturated carbocycles. The predicted octanol–water partition coefficient (Wildman–Crippen LogP) is 2.81. The maximum absolute atomic E-state index is 9.22. The lowest BCUT2D eigenvalue weighted by molar-refractivity contribution is -0.0386. The van der Waals surface area contributed by atoms with E-state index < -0.39 is 5.60 Å². The Balaban J connectivity index is 1.33. The van der Waals surface area contributed by atoms with Crippen LogP contribution in [0.2, 0.25) is 0 Å². The molecule has 2 bridgehead atoms. The highest BCUT2D eigenvalue weighted by atomic mass is 16.5.